The second kappa shape index (κ2) is 4.80. The summed E-state index contributed by atoms with van der Waals surface area (Å²) in [6, 6.07) is 8.04. The Kier molecular flexibility index (Phi) is 2.99. The first kappa shape index (κ1) is 11.8. The number of carboxylic acid groups (broad SMARTS) is 1. The summed E-state index contributed by atoms with van der Waals surface area (Å²) in [6.45, 7) is 0.455. The van der Waals surface area contributed by atoms with E-state index in [1.807, 2.05) is 6.07 Å². The zero-order chi connectivity index (χ0) is 13.2. The van der Waals surface area contributed by atoms with E-state index in [0.29, 0.717) is 12.1 Å². The van der Waals surface area contributed by atoms with Gasteiger partial charge in [-0.1, -0.05) is 6.07 Å². The van der Waals surface area contributed by atoms with Gasteiger partial charge < -0.3 is 14.8 Å². The zero-order valence-corrected chi connectivity index (χ0v) is 10.5. The number of carbonyl (C=O) groups is 1. The highest BCUT2D eigenvalue weighted by Gasteiger charge is 2.14. The summed E-state index contributed by atoms with van der Waals surface area (Å²) < 4.78 is 4.95. The lowest BCUT2D eigenvalue weighted by Gasteiger charge is -2.08. The summed E-state index contributed by atoms with van der Waals surface area (Å²) in [7, 11) is 0. The van der Waals surface area contributed by atoms with E-state index in [0.717, 1.165) is 12.1 Å². The van der Waals surface area contributed by atoms with Gasteiger partial charge in [0.1, 0.15) is 0 Å². The van der Waals surface area contributed by atoms with Gasteiger partial charge in [-0.15, -0.1) is 0 Å². The van der Waals surface area contributed by atoms with Gasteiger partial charge in [-0.05, 0) is 48.6 Å². The van der Waals surface area contributed by atoms with Crippen LogP contribution in [0.5, 0.6) is 0 Å². The molecular formula is C15H15NO3. The maximum Gasteiger partial charge on any atom is 0.372 e. The van der Waals surface area contributed by atoms with Crippen molar-refractivity contribution < 1.29 is 14.3 Å². The molecule has 0 bridgehead atoms. The van der Waals surface area contributed by atoms with Crippen LogP contribution in [0.2, 0.25) is 0 Å². The van der Waals surface area contributed by atoms with Crippen LogP contribution in [0.15, 0.2) is 34.9 Å². The molecule has 0 atom stereocenters. The molecular weight excluding hydrogens is 242 g/mol. The lowest BCUT2D eigenvalue weighted by molar-refractivity contribution is 0.0661. The van der Waals surface area contributed by atoms with Crippen LogP contribution < -0.4 is 5.32 Å². The van der Waals surface area contributed by atoms with Crippen molar-refractivity contribution in [3.8, 4) is 0 Å². The third-order valence-corrected chi connectivity index (χ3v) is 3.52. The Hall–Kier alpha value is -2.23. The first-order valence-corrected chi connectivity index (χ1v) is 6.39. The Morgan fingerprint density at radius 1 is 1.26 bits per heavy atom. The molecule has 0 radical (unpaired) electrons. The van der Waals surface area contributed by atoms with Crippen molar-refractivity contribution in [3.63, 3.8) is 0 Å². The second-order valence-corrected chi connectivity index (χ2v) is 4.77. The van der Waals surface area contributed by atoms with Gasteiger partial charge in [0.15, 0.2) is 0 Å². The van der Waals surface area contributed by atoms with Gasteiger partial charge in [-0.3, -0.25) is 0 Å². The fourth-order valence-electron chi connectivity index (χ4n) is 2.54. The number of hydrogen-bond donors (Lipinski definition) is 2. The summed E-state index contributed by atoms with van der Waals surface area (Å²) in [6.07, 6.45) is 4.93. The van der Waals surface area contributed by atoms with E-state index in [2.05, 4.69) is 17.4 Å². The smallest absolute Gasteiger partial charge is 0.372 e. The fraction of sp³-hybridized carbons (Fsp3) is 0.267. The third kappa shape index (κ3) is 2.34. The number of fused-ring (bicyclic) bond motifs is 1. The highest BCUT2D eigenvalue weighted by Crippen LogP contribution is 2.25. The summed E-state index contributed by atoms with van der Waals surface area (Å²) in [5, 5.41) is 12.2. The summed E-state index contributed by atoms with van der Waals surface area (Å²) in [5.74, 6) is -1.02. The Labute approximate surface area is 111 Å². The molecule has 0 fully saturated rings. The van der Waals surface area contributed by atoms with Crippen molar-refractivity contribution in [2.45, 2.75) is 25.8 Å². The zero-order valence-electron chi connectivity index (χ0n) is 10.5. The molecule has 2 N–H and O–H groups in total. The summed E-state index contributed by atoms with van der Waals surface area (Å²) >= 11 is 0. The molecule has 1 aromatic carbocycles. The number of aromatic carboxylic acids is 1. The standard InChI is InChI=1S/C15H15NO3/c17-15(18)14-12(6-7-19-14)9-16-13-5-4-10-2-1-3-11(10)8-13/h4-8,16H,1-3,9H2,(H,17,18). The summed E-state index contributed by atoms with van der Waals surface area (Å²) in [4.78, 5) is 10.9. The van der Waals surface area contributed by atoms with Gasteiger partial charge >= 0.3 is 5.97 Å². The molecule has 4 heteroatoms. The van der Waals surface area contributed by atoms with Crippen LogP contribution in [0, 0.1) is 0 Å². The van der Waals surface area contributed by atoms with E-state index in [1.165, 1.54) is 30.2 Å². The minimum Gasteiger partial charge on any atom is -0.475 e. The molecule has 4 nitrogen and oxygen atoms in total. The molecule has 1 heterocycles. The highest BCUT2D eigenvalue weighted by molar-refractivity contribution is 5.86. The fourth-order valence-corrected chi connectivity index (χ4v) is 2.54. The van der Waals surface area contributed by atoms with Crippen molar-refractivity contribution >= 4 is 11.7 Å². The molecule has 0 saturated heterocycles. The number of aryl methyl sites for hydroxylation is 2. The van der Waals surface area contributed by atoms with E-state index < -0.39 is 5.97 Å². The van der Waals surface area contributed by atoms with Crippen LogP contribution in [0.3, 0.4) is 0 Å². The topological polar surface area (TPSA) is 62.5 Å². The van der Waals surface area contributed by atoms with Crippen LogP contribution in [0.1, 0.15) is 33.7 Å². The van der Waals surface area contributed by atoms with Crippen LogP contribution in [-0.2, 0) is 19.4 Å². The average molecular weight is 257 g/mol. The van der Waals surface area contributed by atoms with Gasteiger partial charge in [0, 0.05) is 17.8 Å². The van der Waals surface area contributed by atoms with Gasteiger partial charge in [0.05, 0.1) is 6.26 Å². The van der Waals surface area contributed by atoms with Crippen LogP contribution in [-0.4, -0.2) is 11.1 Å². The first-order chi connectivity index (χ1) is 9.24. The van der Waals surface area contributed by atoms with E-state index in [4.69, 9.17) is 9.52 Å². The molecule has 0 aliphatic heterocycles. The number of anilines is 1. The molecule has 1 aliphatic rings. The summed E-state index contributed by atoms with van der Waals surface area (Å²) in [5.41, 5.74) is 4.52. The minimum absolute atomic E-state index is 0.00802. The molecule has 0 spiro atoms. The quantitative estimate of drug-likeness (QED) is 0.883. The number of hydrogen-bond acceptors (Lipinski definition) is 3. The van der Waals surface area contributed by atoms with Crippen LogP contribution in [0.4, 0.5) is 5.69 Å². The molecule has 3 rings (SSSR count). The highest BCUT2D eigenvalue weighted by atomic mass is 16.4. The number of furan rings is 1. The Morgan fingerprint density at radius 3 is 2.95 bits per heavy atom. The molecule has 0 saturated carbocycles. The Bertz CT molecular complexity index is 616. The maximum absolute atomic E-state index is 10.9. The average Bonchev–Trinajstić information content (AvgIpc) is 3.04. The molecule has 98 valence electrons. The number of carboxylic acids is 1. The Morgan fingerprint density at radius 2 is 2.11 bits per heavy atom. The van der Waals surface area contributed by atoms with Crippen molar-refractivity contribution in [2.75, 3.05) is 5.32 Å². The second-order valence-electron chi connectivity index (χ2n) is 4.77. The van der Waals surface area contributed by atoms with Crippen LogP contribution >= 0.6 is 0 Å². The van der Waals surface area contributed by atoms with Gasteiger partial charge in [0.25, 0.3) is 0 Å². The van der Waals surface area contributed by atoms with Crippen molar-refractivity contribution in [1.29, 1.82) is 0 Å². The van der Waals surface area contributed by atoms with E-state index >= 15 is 0 Å². The maximum atomic E-state index is 10.9. The molecule has 1 aromatic heterocycles. The number of rotatable bonds is 4. The number of benzene rings is 1. The van der Waals surface area contributed by atoms with Crippen molar-refractivity contribution in [1.82, 2.24) is 0 Å². The monoisotopic (exact) mass is 257 g/mol. The molecule has 2 aromatic rings. The normalized spacial score (nSPS) is 13.3. The SMILES string of the molecule is O=C(O)c1occc1CNc1ccc2c(c1)CCC2. The lowest BCUT2D eigenvalue weighted by atomic mass is 10.1. The predicted molar refractivity (Wildman–Crippen MR) is 71.5 cm³/mol. The van der Waals surface area contributed by atoms with E-state index in [1.54, 1.807) is 6.07 Å². The lowest BCUT2D eigenvalue weighted by Crippen LogP contribution is -2.04. The van der Waals surface area contributed by atoms with Gasteiger partial charge in [-0.25, -0.2) is 4.79 Å². The molecule has 1 aliphatic carbocycles. The van der Waals surface area contributed by atoms with Crippen molar-refractivity contribution in [3.05, 3.63) is 53.0 Å². The van der Waals surface area contributed by atoms with Crippen molar-refractivity contribution in [2.24, 2.45) is 0 Å². The van der Waals surface area contributed by atoms with Gasteiger partial charge in [0.2, 0.25) is 5.76 Å². The molecule has 0 unspecified atom stereocenters. The number of nitrogens with one attached hydrogen (secondary N) is 1. The first-order valence-electron chi connectivity index (χ1n) is 6.39. The van der Waals surface area contributed by atoms with E-state index in [-0.39, 0.29) is 5.76 Å². The molecule has 19 heavy (non-hydrogen) atoms. The minimum atomic E-state index is -1.03. The predicted octanol–water partition coefficient (Wildman–Crippen LogP) is 3.08. The van der Waals surface area contributed by atoms with Crippen LogP contribution in [0.25, 0.3) is 0 Å². The van der Waals surface area contributed by atoms with Gasteiger partial charge in [-0.2, -0.15) is 0 Å². The largest absolute Gasteiger partial charge is 0.475 e. The molecule has 0 amide bonds. The Balaban J connectivity index is 1.72. The van der Waals surface area contributed by atoms with E-state index in [9.17, 15) is 4.79 Å². The third-order valence-electron chi connectivity index (χ3n) is 3.52.